The van der Waals surface area contributed by atoms with Crippen molar-refractivity contribution < 1.29 is 0 Å². The van der Waals surface area contributed by atoms with Crippen molar-refractivity contribution in [2.45, 2.75) is 38.1 Å². The predicted molar refractivity (Wildman–Crippen MR) is 70.8 cm³/mol. The van der Waals surface area contributed by atoms with Gasteiger partial charge >= 0.3 is 0 Å². The van der Waals surface area contributed by atoms with E-state index in [2.05, 4.69) is 56.6 Å². The predicted octanol–water partition coefficient (Wildman–Crippen LogP) is 4.26. The molecule has 0 bridgehead atoms. The van der Waals surface area contributed by atoms with Crippen LogP contribution in [0.15, 0.2) is 29.2 Å². The summed E-state index contributed by atoms with van der Waals surface area (Å²) in [6.07, 6.45) is 3.29. The van der Waals surface area contributed by atoms with Crippen molar-refractivity contribution in [3.63, 3.8) is 0 Å². The number of benzene rings is 1. The standard InChI is InChI=1S/C13H21NS/c1-5-11(10(2)3)14-12-8-6-7-9-13(12)15-4/h6-11,14H,5H2,1-4H3. The van der Waals surface area contributed by atoms with Gasteiger partial charge in [0.1, 0.15) is 0 Å². The van der Waals surface area contributed by atoms with Gasteiger partial charge in [-0.25, -0.2) is 0 Å². The molecule has 0 spiro atoms. The van der Waals surface area contributed by atoms with Crippen molar-refractivity contribution in [1.82, 2.24) is 0 Å². The fourth-order valence-corrected chi connectivity index (χ4v) is 2.27. The SMILES string of the molecule is CCC(Nc1ccccc1SC)C(C)C. The van der Waals surface area contributed by atoms with Gasteiger partial charge in [0.15, 0.2) is 0 Å². The molecule has 1 aromatic rings. The molecule has 1 aromatic carbocycles. The van der Waals surface area contributed by atoms with E-state index >= 15 is 0 Å². The van der Waals surface area contributed by atoms with Crippen LogP contribution in [0.1, 0.15) is 27.2 Å². The highest BCUT2D eigenvalue weighted by Crippen LogP contribution is 2.26. The first-order valence-corrected chi connectivity index (χ1v) is 6.81. The van der Waals surface area contributed by atoms with Crippen LogP contribution in [0.3, 0.4) is 0 Å². The molecule has 84 valence electrons. The maximum Gasteiger partial charge on any atom is 0.0480 e. The molecule has 15 heavy (non-hydrogen) atoms. The summed E-state index contributed by atoms with van der Waals surface area (Å²) in [5.74, 6) is 0.671. The summed E-state index contributed by atoms with van der Waals surface area (Å²) in [4.78, 5) is 1.33. The second-order valence-electron chi connectivity index (χ2n) is 4.10. The third-order valence-electron chi connectivity index (χ3n) is 2.69. The van der Waals surface area contributed by atoms with Gasteiger partial charge in [0.05, 0.1) is 0 Å². The van der Waals surface area contributed by atoms with E-state index in [-0.39, 0.29) is 0 Å². The van der Waals surface area contributed by atoms with Gasteiger partial charge in [-0.2, -0.15) is 0 Å². The quantitative estimate of drug-likeness (QED) is 0.749. The van der Waals surface area contributed by atoms with Gasteiger partial charge in [-0.05, 0) is 30.7 Å². The van der Waals surface area contributed by atoms with Gasteiger partial charge in [-0.3, -0.25) is 0 Å². The van der Waals surface area contributed by atoms with Crippen molar-refractivity contribution in [3.8, 4) is 0 Å². The molecule has 1 rings (SSSR count). The molecular weight excluding hydrogens is 202 g/mol. The third-order valence-corrected chi connectivity index (χ3v) is 3.49. The van der Waals surface area contributed by atoms with E-state index in [1.165, 1.54) is 17.0 Å². The minimum atomic E-state index is 0.568. The van der Waals surface area contributed by atoms with Gasteiger partial charge < -0.3 is 5.32 Å². The number of nitrogens with one attached hydrogen (secondary N) is 1. The Morgan fingerprint density at radius 3 is 2.47 bits per heavy atom. The Morgan fingerprint density at radius 2 is 1.93 bits per heavy atom. The van der Waals surface area contributed by atoms with Crippen molar-refractivity contribution in [2.75, 3.05) is 11.6 Å². The second kappa shape index (κ2) is 6.06. The van der Waals surface area contributed by atoms with Gasteiger partial charge in [-0.15, -0.1) is 11.8 Å². The topological polar surface area (TPSA) is 12.0 Å². The average Bonchev–Trinajstić information content (AvgIpc) is 2.25. The summed E-state index contributed by atoms with van der Waals surface area (Å²) in [7, 11) is 0. The van der Waals surface area contributed by atoms with Gasteiger partial charge in [-0.1, -0.05) is 32.9 Å². The van der Waals surface area contributed by atoms with E-state index in [1.54, 1.807) is 11.8 Å². The van der Waals surface area contributed by atoms with Gasteiger partial charge in [0, 0.05) is 16.6 Å². The maximum atomic E-state index is 3.63. The molecule has 0 saturated carbocycles. The molecule has 2 heteroatoms. The van der Waals surface area contributed by atoms with Crippen LogP contribution in [0.5, 0.6) is 0 Å². The molecular formula is C13H21NS. The summed E-state index contributed by atoms with van der Waals surface area (Å²) in [5.41, 5.74) is 1.27. The number of thioether (sulfide) groups is 1. The Balaban J connectivity index is 2.78. The maximum absolute atomic E-state index is 3.63. The van der Waals surface area contributed by atoms with Crippen molar-refractivity contribution in [2.24, 2.45) is 5.92 Å². The molecule has 0 radical (unpaired) electrons. The van der Waals surface area contributed by atoms with E-state index in [9.17, 15) is 0 Å². The molecule has 1 N–H and O–H groups in total. The summed E-state index contributed by atoms with van der Waals surface area (Å²) >= 11 is 1.80. The fourth-order valence-electron chi connectivity index (χ4n) is 1.70. The Bertz CT molecular complexity index is 296. The van der Waals surface area contributed by atoms with Crippen LogP contribution >= 0.6 is 11.8 Å². The third kappa shape index (κ3) is 3.45. The lowest BCUT2D eigenvalue weighted by Crippen LogP contribution is -2.24. The van der Waals surface area contributed by atoms with E-state index < -0.39 is 0 Å². The molecule has 0 amide bonds. The highest BCUT2D eigenvalue weighted by atomic mass is 32.2. The van der Waals surface area contributed by atoms with Crippen LogP contribution < -0.4 is 5.32 Å². The van der Waals surface area contributed by atoms with Gasteiger partial charge in [0.2, 0.25) is 0 Å². The molecule has 1 atom stereocenters. The molecule has 0 aliphatic carbocycles. The molecule has 0 aromatic heterocycles. The van der Waals surface area contributed by atoms with Crippen LogP contribution in [0.4, 0.5) is 5.69 Å². The molecule has 0 aliphatic heterocycles. The Kier molecular flexibility index (Phi) is 5.03. The molecule has 0 heterocycles. The summed E-state index contributed by atoms with van der Waals surface area (Å²) in [5, 5.41) is 3.63. The number of hydrogen-bond donors (Lipinski definition) is 1. The first-order chi connectivity index (χ1) is 7.19. The monoisotopic (exact) mass is 223 g/mol. The first-order valence-electron chi connectivity index (χ1n) is 5.58. The second-order valence-corrected chi connectivity index (χ2v) is 4.95. The number of hydrogen-bond acceptors (Lipinski definition) is 2. The smallest absolute Gasteiger partial charge is 0.0480 e. The van der Waals surface area contributed by atoms with Crippen molar-refractivity contribution in [3.05, 3.63) is 24.3 Å². The Morgan fingerprint density at radius 1 is 1.27 bits per heavy atom. The normalized spacial score (nSPS) is 12.9. The zero-order valence-electron chi connectivity index (χ0n) is 10.1. The van der Waals surface area contributed by atoms with E-state index in [0.717, 1.165) is 0 Å². The van der Waals surface area contributed by atoms with Crippen LogP contribution in [-0.2, 0) is 0 Å². The zero-order valence-corrected chi connectivity index (χ0v) is 10.9. The molecule has 1 unspecified atom stereocenters. The van der Waals surface area contributed by atoms with Crippen molar-refractivity contribution in [1.29, 1.82) is 0 Å². The summed E-state index contributed by atoms with van der Waals surface area (Å²) in [6.45, 7) is 6.77. The Hall–Kier alpha value is -0.630. The summed E-state index contributed by atoms with van der Waals surface area (Å²) < 4.78 is 0. The van der Waals surface area contributed by atoms with Crippen LogP contribution in [0, 0.1) is 5.92 Å². The van der Waals surface area contributed by atoms with Gasteiger partial charge in [0.25, 0.3) is 0 Å². The largest absolute Gasteiger partial charge is 0.381 e. The van der Waals surface area contributed by atoms with E-state index in [0.29, 0.717) is 12.0 Å². The van der Waals surface area contributed by atoms with Crippen LogP contribution in [0.2, 0.25) is 0 Å². The highest BCUT2D eigenvalue weighted by molar-refractivity contribution is 7.98. The number of rotatable bonds is 5. The minimum absolute atomic E-state index is 0.568. The molecule has 0 fully saturated rings. The fraction of sp³-hybridized carbons (Fsp3) is 0.538. The van der Waals surface area contributed by atoms with E-state index in [1.807, 2.05) is 0 Å². The summed E-state index contributed by atoms with van der Waals surface area (Å²) in [6, 6.07) is 9.08. The molecule has 1 nitrogen and oxygen atoms in total. The van der Waals surface area contributed by atoms with Crippen molar-refractivity contribution >= 4 is 17.4 Å². The number of para-hydroxylation sites is 1. The number of anilines is 1. The molecule has 0 aliphatic rings. The lowest BCUT2D eigenvalue weighted by molar-refractivity contribution is 0.510. The lowest BCUT2D eigenvalue weighted by Gasteiger charge is -2.23. The Labute approximate surface area is 97.7 Å². The first kappa shape index (κ1) is 12.4. The van der Waals surface area contributed by atoms with E-state index in [4.69, 9.17) is 0 Å². The van der Waals surface area contributed by atoms with Crippen LogP contribution in [0.25, 0.3) is 0 Å². The lowest BCUT2D eigenvalue weighted by atomic mass is 10.0. The zero-order chi connectivity index (χ0) is 11.3. The molecule has 0 saturated heterocycles. The minimum Gasteiger partial charge on any atom is -0.381 e. The van der Waals surface area contributed by atoms with Crippen LogP contribution in [-0.4, -0.2) is 12.3 Å². The average molecular weight is 223 g/mol. The highest BCUT2D eigenvalue weighted by Gasteiger charge is 2.11.